The fourth-order valence-electron chi connectivity index (χ4n) is 6.23. The fraction of sp³-hybridized carbons (Fsp3) is 0.250. The SMILES string of the molecule is O=C1C[C@@H]2C(=O)N(c3ccccc3)C(=O)[C@@H]2[C@@H]2CN(S(=O)(=O)c3ccccc3)[C@@H](c3ccccc3)[C@H]12. The summed E-state index contributed by atoms with van der Waals surface area (Å²) in [5.41, 5.74) is 1.17. The predicted octanol–water partition coefficient (Wildman–Crippen LogP) is 3.44. The highest BCUT2D eigenvalue weighted by molar-refractivity contribution is 7.89. The molecule has 1 saturated carbocycles. The van der Waals surface area contributed by atoms with Crippen LogP contribution in [0.3, 0.4) is 0 Å². The summed E-state index contributed by atoms with van der Waals surface area (Å²) in [7, 11) is -3.97. The van der Waals surface area contributed by atoms with Crippen LogP contribution in [-0.2, 0) is 24.4 Å². The van der Waals surface area contributed by atoms with E-state index in [-0.39, 0.29) is 35.5 Å². The molecule has 0 N–H and O–H groups in total. The second-order valence-corrected chi connectivity index (χ2v) is 11.5. The van der Waals surface area contributed by atoms with Crippen LogP contribution in [0.5, 0.6) is 0 Å². The molecular formula is C28H24N2O5S. The summed E-state index contributed by atoms with van der Waals surface area (Å²) in [5.74, 6) is -3.74. The Bertz CT molecular complexity index is 1440. The Morgan fingerprint density at radius 1 is 0.694 bits per heavy atom. The van der Waals surface area contributed by atoms with Crippen LogP contribution in [0.2, 0.25) is 0 Å². The van der Waals surface area contributed by atoms with Gasteiger partial charge in [0.05, 0.1) is 28.5 Å². The van der Waals surface area contributed by atoms with Crippen LogP contribution in [0.25, 0.3) is 0 Å². The number of carbonyl (C=O) groups is 3. The average Bonchev–Trinajstić information content (AvgIpc) is 3.42. The maximum Gasteiger partial charge on any atom is 0.243 e. The van der Waals surface area contributed by atoms with Crippen molar-refractivity contribution in [3.63, 3.8) is 0 Å². The van der Waals surface area contributed by atoms with Crippen molar-refractivity contribution >= 4 is 33.3 Å². The third-order valence-electron chi connectivity index (χ3n) is 7.74. The van der Waals surface area contributed by atoms with E-state index < -0.39 is 39.7 Å². The number of sulfonamides is 1. The monoisotopic (exact) mass is 500 g/mol. The Morgan fingerprint density at radius 2 is 1.28 bits per heavy atom. The maximum absolute atomic E-state index is 13.8. The van der Waals surface area contributed by atoms with Gasteiger partial charge in [0.25, 0.3) is 0 Å². The van der Waals surface area contributed by atoms with Gasteiger partial charge in [-0.05, 0) is 35.7 Å². The Morgan fingerprint density at radius 3 is 1.92 bits per heavy atom. The quantitative estimate of drug-likeness (QED) is 0.512. The number of hydrogen-bond donors (Lipinski definition) is 0. The van der Waals surface area contributed by atoms with Crippen LogP contribution in [0.1, 0.15) is 18.0 Å². The molecule has 2 heterocycles. The van der Waals surface area contributed by atoms with Crippen molar-refractivity contribution in [3.05, 3.63) is 96.6 Å². The highest BCUT2D eigenvalue weighted by Crippen LogP contribution is 2.54. The lowest BCUT2D eigenvalue weighted by Crippen LogP contribution is -2.42. The molecule has 36 heavy (non-hydrogen) atoms. The van der Waals surface area contributed by atoms with Gasteiger partial charge in [0.2, 0.25) is 21.8 Å². The molecule has 3 fully saturated rings. The first-order valence-corrected chi connectivity index (χ1v) is 13.4. The van der Waals surface area contributed by atoms with Crippen molar-refractivity contribution < 1.29 is 22.8 Å². The van der Waals surface area contributed by atoms with E-state index in [2.05, 4.69) is 0 Å². The van der Waals surface area contributed by atoms with E-state index in [1.807, 2.05) is 30.3 Å². The fourth-order valence-corrected chi connectivity index (χ4v) is 7.92. The number of nitrogens with zero attached hydrogens (tertiary/aromatic N) is 2. The number of Topliss-reactive ketones (excluding diaryl/α,β-unsaturated/α-hetero) is 1. The second kappa shape index (κ2) is 8.50. The third kappa shape index (κ3) is 3.36. The molecule has 0 bridgehead atoms. The van der Waals surface area contributed by atoms with E-state index in [0.717, 1.165) is 0 Å². The van der Waals surface area contributed by atoms with E-state index in [9.17, 15) is 22.8 Å². The van der Waals surface area contributed by atoms with Gasteiger partial charge in [0, 0.05) is 18.9 Å². The molecule has 8 heteroatoms. The minimum absolute atomic E-state index is 0.00396. The smallest absolute Gasteiger partial charge is 0.243 e. The molecule has 3 aromatic carbocycles. The van der Waals surface area contributed by atoms with E-state index in [0.29, 0.717) is 11.3 Å². The largest absolute Gasteiger partial charge is 0.299 e. The van der Waals surface area contributed by atoms with Gasteiger partial charge in [-0.1, -0.05) is 66.7 Å². The molecule has 3 aromatic rings. The Kier molecular flexibility index (Phi) is 5.39. The standard InChI is InChI=1S/C28H24N2O5S/c31-23-16-21-24(28(33)30(27(21)32)19-12-6-2-7-13-19)22-17-29(36(34,35)20-14-8-3-9-15-20)26(25(22)23)18-10-4-1-5-11-18/h1-15,21-22,24-26H,16-17H2/t21-,22-,24-,25-,26-/m0/s1. The molecule has 3 aliphatic rings. The van der Waals surface area contributed by atoms with Crippen LogP contribution in [-0.4, -0.2) is 36.9 Å². The van der Waals surface area contributed by atoms with Crippen LogP contribution < -0.4 is 4.90 Å². The predicted molar refractivity (Wildman–Crippen MR) is 132 cm³/mol. The number of carbonyl (C=O) groups excluding carboxylic acids is 3. The molecule has 2 saturated heterocycles. The van der Waals surface area contributed by atoms with Crippen molar-refractivity contribution in [2.75, 3.05) is 11.4 Å². The van der Waals surface area contributed by atoms with Crippen molar-refractivity contribution in [3.8, 4) is 0 Å². The number of ketones is 1. The van der Waals surface area contributed by atoms with Gasteiger partial charge in [-0.3, -0.25) is 19.3 Å². The minimum Gasteiger partial charge on any atom is -0.299 e. The third-order valence-corrected chi connectivity index (χ3v) is 9.60. The van der Waals surface area contributed by atoms with Gasteiger partial charge < -0.3 is 0 Å². The zero-order chi connectivity index (χ0) is 25.0. The lowest BCUT2D eigenvalue weighted by atomic mass is 9.66. The highest BCUT2D eigenvalue weighted by Gasteiger charge is 2.63. The normalized spacial score (nSPS) is 28.3. The molecule has 0 aromatic heterocycles. The van der Waals surface area contributed by atoms with Crippen LogP contribution >= 0.6 is 0 Å². The van der Waals surface area contributed by atoms with Crippen molar-refractivity contribution in [2.45, 2.75) is 17.4 Å². The maximum atomic E-state index is 13.8. The molecule has 0 radical (unpaired) electrons. The van der Waals surface area contributed by atoms with Crippen LogP contribution in [0, 0.1) is 23.7 Å². The van der Waals surface area contributed by atoms with Gasteiger partial charge in [-0.25, -0.2) is 8.42 Å². The number of amides is 2. The zero-order valence-corrected chi connectivity index (χ0v) is 20.1. The Hall–Kier alpha value is -3.62. The molecule has 0 spiro atoms. The van der Waals surface area contributed by atoms with Crippen molar-refractivity contribution in [2.24, 2.45) is 23.7 Å². The van der Waals surface area contributed by atoms with Crippen molar-refractivity contribution in [1.82, 2.24) is 4.31 Å². The summed E-state index contributed by atoms with van der Waals surface area (Å²) >= 11 is 0. The van der Waals surface area contributed by atoms with Crippen LogP contribution in [0.4, 0.5) is 5.69 Å². The van der Waals surface area contributed by atoms with E-state index in [1.54, 1.807) is 48.5 Å². The topological polar surface area (TPSA) is 91.8 Å². The molecule has 5 atom stereocenters. The minimum atomic E-state index is -3.97. The van der Waals surface area contributed by atoms with Gasteiger partial charge in [0.15, 0.2) is 0 Å². The second-order valence-electron chi connectivity index (χ2n) is 9.58. The summed E-state index contributed by atoms with van der Waals surface area (Å²) in [6.45, 7) is -0.00396. The first-order chi connectivity index (χ1) is 17.4. The summed E-state index contributed by atoms with van der Waals surface area (Å²) in [4.78, 5) is 42.0. The number of rotatable bonds is 4. The van der Waals surface area contributed by atoms with Crippen molar-refractivity contribution in [1.29, 1.82) is 0 Å². The summed E-state index contributed by atoms with van der Waals surface area (Å²) < 4.78 is 29.1. The number of para-hydroxylation sites is 1. The molecule has 0 unspecified atom stereocenters. The number of anilines is 1. The molecule has 1 aliphatic carbocycles. The average molecular weight is 501 g/mol. The van der Waals surface area contributed by atoms with E-state index >= 15 is 0 Å². The lowest BCUT2D eigenvalue weighted by molar-refractivity contribution is -0.136. The number of benzene rings is 3. The first kappa shape index (κ1) is 22.8. The summed E-state index contributed by atoms with van der Waals surface area (Å²) in [6, 6.07) is 25.2. The molecule has 2 amide bonds. The Labute approximate surface area is 209 Å². The Balaban J connectivity index is 1.46. The molecule has 182 valence electrons. The first-order valence-electron chi connectivity index (χ1n) is 12.0. The molecule has 6 rings (SSSR count). The highest BCUT2D eigenvalue weighted by atomic mass is 32.2. The summed E-state index contributed by atoms with van der Waals surface area (Å²) in [6.07, 6.45) is -0.0672. The van der Waals surface area contributed by atoms with Gasteiger partial charge >= 0.3 is 0 Å². The number of imide groups is 1. The van der Waals surface area contributed by atoms with Gasteiger partial charge in [-0.15, -0.1) is 0 Å². The van der Waals surface area contributed by atoms with Crippen LogP contribution in [0.15, 0.2) is 95.9 Å². The van der Waals surface area contributed by atoms with Gasteiger partial charge in [0.1, 0.15) is 5.78 Å². The molecular weight excluding hydrogens is 476 g/mol. The van der Waals surface area contributed by atoms with Gasteiger partial charge in [-0.2, -0.15) is 4.31 Å². The van der Waals surface area contributed by atoms with E-state index in [4.69, 9.17) is 0 Å². The molecule has 7 nitrogen and oxygen atoms in total. The lowest BCUT2D eigenvalue weighted by Gasteiger charge is -2.33. The summed E-state index contributed by atoms with van der Waals surface area (Å²) in [5, 5.41) is 0. The molecule has 2 aliphatic heterocycles. The zero-order valence-electron chi connectivity index (χ0n) is 19.3. The number of hydrogen-bond acceptors (Lipinski definition) is 5. The number of fused-ring (bicyclic) bond motifs is 3. The van der Waals surface area contributed by atoms with E-state index in [1.165, 1.54) is 21.3 Å².